The Morgan fingerprint density at radius 3 is 2.88 bits per heavy atom. The van der Waals surface area contributed by atoms with Crippen molar-refractivity contribution in [1.82, 2.24) is 0 Å². The highest BCUT2D eigenvalue weighted by molar-refractivity contribution is 14.1. The molecule has 0 spiro atoms. The van der Waals surface area contributed by atoms with Crippen molar-refractivity contribution in [3.8, 4) is 5.75 Å². The molecule has 1 aliphatic rings. The second-order valence-electron chi connectivity index (χ2n) is 4.25. The third kappa shape index (κ3) is 4.81. The molecular weight excluding hydrogens is 329 g/mol. The van der Waals surface area contributed by atoms with Crippen molar-refractivity contribution in [2.75, 3.05) is 26.3 Å². The molecule has 1 aromatic rings. The van der Waals surface area contributed by atoms with E-state index in [2.05, 4.69) is 40.0 Å². The van der Waals surface area contributed by atoms with Crippen LogP contribution in [0.2, 0.25) is 0 Å². The molecule has 2 rings (SSSR count). The topological polar surface area (TPSA) is 35.1 Å². The normalized spacial score (nSPS) is 19.5. The molecule has 17 heavy (non-hydrogen) atoms. The van der Waals surface area contributed by atoms with E-state index < -0.39 is 0 Å². The van der Waals surface area contributed by atoms with Crippen LogP contribution in [0.3, 0.4) is 0 Å². The quantitative estimate of drug-likeness (QED) is 0.623. The van der Waals surface area contributed by atoms with E-state index in [0.717, 1.165) is 32.1 Å². The summed E-state index contributed by atoms with van der Waals surface area (Å²) in [7, 11) is 0. The van der Waals surface area contributed by atoms with E-state index in [1.165, 1.54) is 16.4 Å². The smallest absolute Gasteiger partial charge is 0.137 e. The number of halogens is 1. The summed E-state index contributed by atoms with van der Waals surface area (Å²) in [6, 6.07) is 8.15. The van der Waals surface area contributed by atoms with E-state index in [1.54, 1.807) is 0 Å². The number of hydrogen-bond acceptors (Lipinski definition) is 2. The van der Waals surface area contributed by atoms with Gasteiger partial charge in [-0.05, 0) is 59.7 Å². The highest BCUT2D eigenvalue weighted by atomic mass is 127. The van der Waals surface area contributed by atoms with Crippen molar-refractivity contribution in [3.05, 3.63) is 27.8 Å². The van der Waals surface area contributed by atoms with E-state index in [1.807, 2.05) is 12.1 Å². The van der Waals surface area contributed by atoms with Crippen LogP contribution in [0.25, 0.3) is 0 Å². The number of benzene rings is 1. The van der Waals surface area contributed by atoms with Crippen molar-refractivity contribution in [2.45, 2.75) is 18.9 Å². The Kier molecular flexibility index (Phi) is 5.54. The molecule has 0 amide bonds. The monoisotopic (exact) mass is 348 g/mol. The van der Waals surface area contributed by atoms with Crippen LogP contribution in [0, 0.1) is 3.57 Å². The highest BCUT2D eigenvalue weighted by Gasteiger charge is 2.16. The minimum absolute atomic E-state index is 0.466. The maximum absolute atomic E-state index is 5.65. The summed E-state index contributed by atoms with van der Waals surface area (Å²) in [6.07, 6.45) is 2.90. The molecule has 1 atom stereocenters. The Balaban J connectivity index is 1.55. The standard InChI is InChI=1S/C13H18INO2/c14-11-3-5-12(6-4-11)17-9-7-15-10-13-2-1-8-16-13/h3-6,13,15H,1-2,7-10H2/p+1/t13-/m1/s1. The summed E-state index contributed by atoms with van der Waals surface area (Å²) < 4.78 is 12.4. The van der Waals surface area contributed by atoms with E-state index in [0.29, 0.717) is 6.10 Å². The maximum atomic E-state index is 5.65. The predicted octanol–water partition coefficient (Wildman–Crippen LogP) is 1.41. The van der Waals surface area contributed by atoms with Crippen molar-refractivity contribution in [2.24, 2.45) is 0 Å². The van der Waals surface area contributed by atoms with Gasteiger partial charge >= 0.3 is 0 Å². The van der Waals surface area contributed by atoms with E-state index in [4.69, 9.17) is 9.47 Å². The average molecular weight is 348 g/mol. The summed E-state index contributed by atoms with van der Waals surface area (Å²) in [5, 5.41) is 2.28. The first-order valence-electron chi connectivity index (χ1n) is 6.16. The fraction of sp³-hybridized carbons (Fsp3) is 0.538. The zero-order chi connectivity index (χ0) is 11.9. The van der Waals surface area contributed by atoms with Gasteiger partial charge in [-0.25, -0.2) is 0 Å². The molecule has 1 fully saturated rings. The van der Waals surface area contributed by atoms with Crippen molar-refractivity contribution in [3.63, 3.8) is 0 Å². The highest BCUT2D eigenvalue weighted by Crippen LogP contribution is 2.13. The first-order chi connectivity index (χ1) is 8.34. The minimum atomic E-state index is 0.466. The zero-order valence-electron chi connectivity index (χ0n) is 9.90. The van der Waals surface area contributed by atoms with Crippen LogP contribution in [0.4, 0.5) is 0 Å². The largest absolute Gasteiger partial charge is 0.488 e. The number of nitrogens with two attached hydrogens (primary N) is 1. The fourth-order valence-electron chi connectivity index (χ4n) is 1.92. The predicted molar refractivity (Wildman–Crippen MR) is 75.3 cm³/mol. The van der Waals surface area contributed by atoms with E-state index in [9.17, 15) is 0 Å². The van der Waals surface area contributed by atoms with Crippen LogP contribution in [0.5, 0.6) is 5.75 Å². The van der Waals surface area contributed by atoms with Gasteiger partial charge in [0.15, 0.2) is 0 Å². The van der Waals surface area contributed by atoms with Crippen LogP contribution >= 0.6 is 22.6 Å². The summed E-state index contributed by atoms with van der Waals surface area (Å²) in [6.45, 7) is 3.76. The Bertz CT molecular complexity index is 323. The third-order valence-electron chi connectivity index (χ3n) is 2.86. The molecule has 0 radical (unpaired) electrons. The van der Waals surface area contributed by atoms with Gasteiger partial charge in [0.25, 0.3) is 0 Å². The van der Waals surface area contributed by atoms with Crippen LogP contribution in [-0.4, -0.2) is 32.4 Å². The maximum Gasteiger partial charge on any atom is 0.137 e. The summed E-state index contributed by atoms with van der Waals surface area (Å²) >= 11 is 2.29. The molecule has 2 N–H and O–H groups in total. The van der Waals surface area contributed by atoms with E-state index in [-0.39, 0.29) is 0 Å². The van der Waals surface area contributed by atoms with Gasteiger partial charge in [0.2, 0.25) is 0 Å². The van der Waals surface area contributed by atoms with Crippen molar-refractivity contribution >= 4 is 22.6 Å². The molecule has 1 saturated heterocycles. The third-order valence-corrected chi connectivity index (χ3v) is 3.58. The molecule has 0 aromatic heterocycles. The lowest BCUT2D eigenvalue weighted by Gasteiger charge is -2.09. The Morgan fingerprint density at radius 2 is 2.18 bits per heavy atom. The fourth-order valence-corrected chi connectivity index (χ4v) is 2.28. The summed E-state index contributed by atoms with van der Waals surface area (Å²) in [4.78, 5) is 0. The Hall–Kier alpha value is -0.330. The summed E-state index contributed by atoms with van der Waals surface area (Å²) in [5.41, 5.74) is 0. The van der Waals surface area contributed by atoms with Crippen LogP contribution in [-0.2, 0) is 4.74 Å². The Labute approximate surface area is 116 Å². The average Bonchev–Trinajstić information content (AvgIpc) is 2.84. The van der Waals surface area contributed by atoms with Gasteiger partial charge in [0.05, 0.1) is 0 Å². The lowest BCUT2D eigenvalue weighted by molar-refractivity contribution is -0.661. The minimum Gasteiger partial charge on any atom is -0.488 e. The molecule has 1 aromatic carbocycles. The van der Waals surface area contributed by atoms with Crippen LogP contribution in [0.15, 0.2) is 24.3 Å². The van der Waals surface area contributed by atoms with E-state index >= 15 is 0 Å². The van der Waals surface area contributed by atoms with Crippen LogP contribution in [0.1, 0.15) is 12.8 Å². The van der Waals surface area contributed by atoms with Gasteiger partial charge in [-0.3, -0.25) is 0 Å². The van der Waals surface area contributed by atoms with Gasteiger partial charge < -0.3 is 14.8 Å². The van der Waals surface area contributed by atoms with Crippen molar-refractivity contribution in [1.29, 1.82) is 0 Å². The molecule has 0 unspecified atom stereocenters. The first-order valence-corrected chi connectivity index (χ1v) is 7.24. The second-order valence-corrected chi connectivity index (χ2v) is 5.50. The molecule has 1 aliphatic heterocycles. The number of ether oxygens (including phenoxy) is 2. The van der Waals surface area contributed by atoms with Gasteiger partial charge in [0, 0.05) is 10.2 Å². The number of hydrogen-bond donors (Lipinski definition) is 1. The van der Waals surface area contributed by atoms with Crippen molar-refractivity contribution < 1.29 is 14.8 Å². The number of rotatable bonds is 6. The lowest BCUT2D eigenvalue weighted by Crippen LogP contribution is -2.87. The van der Waals surface area contributed by atoms with Gasteiger partial charge in [0.1, 0.15) is 31.5 Å². The molecule has 1 heterocycles. The second kappa shape index (κ2) is 7.18. The van der Waals surface area contributed by atoms with Gasteiger partial charge in [-0.1, -0.05) is 0 Å². The van der Waals surface area contributed by atoms with Gasteiger partial charge in [-0.2, -0.15) is 0 Å². The molecule has 0 aliphatic carbocycles. The molecule has 4 heteroatoms. The van der Waals surface area contributed by atoms with Crippen LogP contribution < -0.4 is 10.1 Å². The molecule has 3 nitrogen and oxygen atoms in total. The lowest BCUT2D eigenvalue weighted by atomic mass is 10.2. The summed E-state index contributed by atoms with van der Waals surface area (Å²) in [5.74, 6) is 0.955. The molecular formula is C13H19INO2+. The molecule has 0 bridgehead atoms. The zero-order valence-corrected chi connectivity index (χ0v) is 12.1. The number of quaternary nitrogens is 1. The first kappa shape index (κ1) is 13.1. The van der Waals surface area contributed by atoms with Gasteiger partial charge in [-0.15, -0.1) is 0 Å². The SMILES string of the molecule is Ic1ccc(OCC[NH2+]C[C@H]2CCCO2)cc1. The Morgan fingerprint density at radius 1 is 1.35 bits per heavy atom. The molecule has 0 saturated carbocycles. The molecule has 94 valence electrons.